The quantitative estimate of drug-likeness (QED) is 0.443. The van der Waals surface area contributed by atoms with Crippen LogP contribution in [0.2, 0.25) is 0 Å². The van der Waals surface area contributed by atoms with Crippen molar-refractivity contribution in [2.75, 3.05) is 70.1 Å². The number of anilines is 2. The van der Waals surface area contributed by atoms with E-state index in [1.165, 1.54) is 12.1 Å². The maximum atomic E-state index is 14.6. The third kappa shape index (κ3) is 6.74. The molecular weight excluding hydrogens is 591 g/mol. The summed E-state index contributed by atoms with van der Waals surface area (Å²) in [6, 6.07) is 12.2. The minimum atomic E-state index is -4.49. The minimum absolute atomic E-state index is 0.112. The predicted molar refractivity (Wildman–Crippen MR) is 174 cm³/mol. The Morgan fingerprint density at radius 1 is 0.935 bits per heavy atom. The van der Waals surface area contributed by atoms with E-state index in [0.717, 1.165) is 69.9 Å². The number of carbonyl (C=O) groups is 2. The summed E-state index contributed by atoms with van der Waals surface area (Å²) in [4.78, 5) is 37.5. The number of piperidine rings is 2. The van der Waals surface area contributed by atoms with Crippen LogP contribution in [0.1, 0.15) is 36.9 Å². The van der Waals surface area contributed by atoms with Crippen molar-refractivity contribution in [1.82, 2.24) is 14.7 Å². The molecule has 6 rings (SSSR count). The molecule has 2 aromatic rings. The van der Waals surface area contributed by atoms with E-state index in [1.54, 1.807) is 4.90 Å². The molecule has 246 valence electrons. The van der Waals surface area contributed by atoms with Crippen LogP contribution in [-0.4, -0.2) is 86.4 Å². The molecule has 4 atom stereocenters. The molecule has 10 heteroatoms. The number of likely N-dealkylation sites (tertiary alicyclic amines) is 2. The highest BCUT2D eigenvalue weighted by Crippen LogP contribution is 2.48. The highest BCUT2D eigenvalue weighted by Gasteiger charge is 2.51. The maximum Gasteiger partial charge on any atom is 0.416 e. The number of halogens is 3. The van der Waals surface area contributed by atoms with E-state index in [4.69, 9.17) is 0 Å². The number of allylic oxidation sites excluding steroid dienone is 3. The number of fused-ring (bicyclic) bond motifs is 1. The molecule has 7 nitrogen and oxygen atoms in total. The maximum absolute atomic E-state index is 14.6. The first-order chi connectivity index (χ1) is 22.0. The summed E-state index contributed by atoms with van der Waals surface area (Å²) in [6.07, 6.45) is 3.05. The topological polar surface area (TPSA) is 59.1 Å². The van der Waals surface area contributed by atoms with Gasteiger partial charge in [-0.3, -0.25) is 9.59 Å². The number of nitrogens with one attached hydrogen (secondary N) is 1. The summed E-state index contributed by atoms with van der Waals surface area (Å²) in [5.74, 6) is -1.38. The van der Waals surface area contributed by atoms with E-state index in [0.29, 0.717) is 23.4 Å². The molecule has 0 radical (unpaired) electrons. The summed E-state index contributed by atoms with van der Waals surface area (Å²) in [5.41, 5.74) is 2.08. The number of carbonyl (C=O) groups excluding carboxylic acids is 2. The van der Waals surface area contributed by atoms with Crippen molar-refractivity contribution in [2.24, 2.45) is 23.7 Å². The summed E-state index contributed by atoms with van der Waals surface area (Å²) >= 11 is 0. The second kappa shape index (κ2) is 13.2. The van der Waals surface area contributed by atoms with Gasteiger partial charge in [0.2, 0.25) is 5.91 Å². The smallest absolute Gasteiger partial charge is 0.369 e. The summed E-state index contributed by atoms with van der Waals surface area (Å²) in [7, 11) is 4.19. The Morgan fingerprint density at radius 3 is 2.28 bits per heavy atom. The van der Waals surface area contributed by atoms with Crippen LogP contribution < -0.4 is 10.2 Å². The third-order valence-corrected chi connectivity index (χ3v) is 10.3. The molecule has 2 aromatic carbocycles. The molecule has 4 aliphatic rings. The Balaban J connectivity index is 1.37. The van der Waals surface area contributed by atoms with E-state index < -0.39 is 29.6 Å². The van der Waals surface area contributed by atoms with Gasteiger partial charge in [-0.1, -0.05) is 43.4 Å². The Bertz CT molecular complexity index is 1470. The van der Waals surface area contributed by atoms with Crippen LogP contribution in [0.15, 0.2) is 72.3 Å². The second-order valence-electron chi connectivity index (χ2n) is 13.5. The molecule has 0 aromatic heterocycles. The highest BCUT2D eigenvalue weighted by atomic mass is 19.4. The first kappa shape index (κ1) is 32.3. The van der Waals surface area contributed by atoms with Crippen molar-refractivity contribution >= 4 is 23.2 Å². The Morgan fingerprint density at radius 2 is 1.61 bits per heavy atom. The fourth-order valence-electron chi connectivity index (χ4n) is 7.62. The van der Waals surface area contributed by atoms with E-state index in [-0.39, 0.29) is 23.7 Å². The number of nitrogens with zero attached hydrogens (tertiary/aromatic N) is 4. The van der Waals surface area contributed by atoms with Crippen LogP contribution in [0.3, 0.4) is 0 Å². The molecular formula is C36H44F3N5O2. The largest absolute Gasteiger partial charge is 0.416 e. The first-order valence-corrected chi connectivity index (χ1v) is 16.4. The van der Waals surface area contributed by atoms with Crippen LogP contribution >= 0.6 is 0 Å². The van der Waals surface area contributed by atoms with Gasteiger partial charge in [0.05, 0.1) is 17.5 Å². The SMILES string of the molecule is CC1C=CC=C2C(=O)N(CC3CCN(C)CC3)[C@H](c3ccc(C(F)(F)F)cc3)C(C(=O)Nc3cccc(N4CCN(C)CC4)c3)C21. The molecule has 3 heterocycles. The Hall–Kier alpha value is -3.63. The van der Waals surface area contributed by atoms with Gasteiger partial charge >= 0.3 is 6.18 Å². The summed E-state index contributed by atoms with van der Waals surface area (Å²) in [5, 5.41) is 3.18. The molecule has 3 aliphatic heterocycles. The van der Waals surface area contributed by atoms with Gasteiger partial charge in [-0.15, -0.1) is 0 Å². The molecule has 0 bridgehead atoms. The Kier molecular flexibility index (Phi) is 9.30. The van der Waals surface area contributed by atoms with Crippen LogP contribution in [0.25, 0.3) is 0 Å². The summed E-state index contributed by atoms with van der Waals surface area (Å²) < 4.78 is 40.8. The second-order valence-corrected chi connectivity index (χ2v) is 13.5. The molecule has 0 saturated carbocycles. The number of likely N-dealkylation sites (N-methyl/N-ethyl adjacent to an activating group) is 1. The molecule has 3 saturated heterocycles. The lowest BCUT2D eigenvalue weighted by atomic mass is 9.66. The van der Waals surface area contributed by atoms with E-state index in [9.17, 15) is 22.8 Å². The lowest BCUT2D eigenvalue weighted by molar-refractivity contribution is -0.142. The number of alkyl halides is 3. The summed E-state index contributed by atoms with van der Waals surface area (Å²) in [6.45, 7) is 7.97. The van der Waals surface area contributed by atoms with Gasteiger partial charge < -0.3 is 24.9 Å². The number of hydrogen-bond acceptors (Lipinski definition) is 5. The zero-order valence-corrected chi connectivity index (χ0v) is 26.8. The molecule has 2 amide bonds. The van der Waals surface area contributed by atoms with Crippen molar-refractivity contribution in [3.8, 4) is 0 Å². The van der Waals surface area contributed by atoms with Crippen LogP contribution in [0, 0.1) is 23.7 Å². The lowest BCUT2D eigenvalue weighted by Gasteiger charge is -2.49. The first-order valence-electron chi connectivity index (χ1n) is 16.4. The average molecular weight is 636 g/mol. The fraction of sp³-hybridized carbons (Fsp3) is 0.500. The van der Waals surface area contributed by atoms with E-state index in [2.05, 4.69) is 34.1 Å². The standard InChI is InChI=1S/C36H44F3N5O2/c1-24-6-4-9-30-31(24)32(34(45)40-28-7-5-8-29(22-28)43-20-18-42(3)19-21-43)33(26-10-12-27(13-11-26)36(37,38)39)44(35(30)46)23-25-14-16-41(2)17-15-25/h4-13,22,24-25,31-33H,14-21,23H2,1-3H3,(H,40,45)/t24?,31?,32?,33-/m1/s1. The predicted octanol–water partition coefficient (Wildman–Crippen LogP) is 5.69. The molecule has 3 fully saturated rings. The van der Waals surface area contributed by atoms with Crippen LogP contribution in [-0.2, 0) is 15.8 Å². The van der Waals surface area contributed by atoms with Crippen LogP contribution in [0.4, 0.5) is 24.5 Å². The number of benzene rings is 2. The molecule has 46 heavy (non-hydrogen) atoms. The molecule has 0 spiro atoms. The van der Waals surface area contributed by atoms with Gasteiger partial charge in [0.25, 0.3) is 5.91 Å². The Labute approximate surface area is 269 Å². The zero-order chi connectivity index (χ0) is 32.6. The number of piperazine rings is 1. The fourth-order valence-corrected chi connectivity index (χ4v) is 7.62. The van der Waals surface area contributed by atoms with Crippen molar-refractivity contribution in [2.45, 2.75) is 32.0 Å². The number of rotatable bonds is 6. The van der Waals surface area contributed by atoms with Gasteiger partial charge in [-0.05, 0) is 87.8 Å². The monoisotopic (exact) mass is 635 g/mol. The van der Waals surface area contributed by atoms with Crippen molar-refractivity contribution in [3.63, 3.8) is 0 Å². The van der Waals surface area contributed by atoms with Gasteiger partial charge in [0.15, 0.2) is 0 Å². The minimum Gasteiger partial charge on any atom is -0.369 e. The lowest BCUT2D eigenvalue weighted by Crippen LogP contribution is -2.55. The molecule has 3 unspecified atom stereocenters. The normalized spacial score (nSPS) is 26.6. The van der Waals surface area contributed by atoms with Crippen molar-refractivity contribution in [3.05, 3.63) is 83.5 Å². The van der Waals surface area contributed by atoms with Gasteiger partial charge in [0.1, 0.15) is 0 Å². The van der Waals surface area contributed by atoms with Crippen molar-refractivity contribution < 1.29 is 22.8 Å². The highest BCUT2D eigenvalue weighted by molar-refractivity contribution is 6.01. The molecule has 1 N–H and O–H groups in total. The van der Waals surface area contributed by atoms with E-state index in [1.807, 2.05) is 49.4 Å². The average Bonchev–Trinajstić information content (AvgIpc) is 3.03. The van der Waals surface area contributed by atoms with E-state index >= 15 is 0 Å². The van der Waals surface area contributed by atoms with Gasteiger partial charge in [-0.2, -0.15) is 13.2 Å². The number of amides is 2. The van der Waals surface area contributed by atoms with Crippen LogP contribution in [0.5, 0.6) is 0 Å². The molecule has 1 aliphatic carbocycles. The zero-order valence-electron chi connectivity index (χ0n) is 26.8. The number of hydrogen-bond donors (Lipinski definition) is 1. The van der Waals surface area contributed by atoms with Gasteiger partial charge in [-0.25, -0.2) is 0 Å². The van der Waals surface area contributed by atoms with Crippen molar-refractivity contribution in [1.29, 1.82) is 0 Å². The third-order valence-electron chi connectivity index (χ3n) is 10.3. The van der Waals surface area contributed by atoms with Gasteiger partial charge in [0, 0.05) is 55.6 Å².